The van der Waals surface area contributed by atoms with Crippen LogP contribution in [0.3, 0.4) is 0 Å². The molecule has 0 bridgehead atoms. The fourth-order valence-electron chi connectivity index (χ4n) is 2.40. The number of anilines is 1. The van der Waals surface area contributed by atoms with Gasteiger partial charge < -0.3 is 10.0 Å². The third kappa shape index (κ3) is 2.56. The van der Waals surface area contributed by atoms with Gasteiger partial charge in [-0.25, -0.2) is 4.99 Å². The van der Waals surface area contributed by atoms with Crippen molar-refractivity contribution in [1.82, 2.24) is 0 Å². The fourth-order valence-corrected chi connectivity index (χ4v) is 2.98. The van der Waals surface area contributed by atoms with Crippen LogP contribution >= 0.6 is 27.5 Å². The normalized spacial score (nSPS) is 17.8. The molecule has 0 radical (unpaired) electrons. The lowest BCUT2D eigenvalue weighted by Crippen LogP contribution is -2.34. The van der Waals surface area contributed by atoms with E-state index in [2.05, 4.69) is 20.9 Å². The molecule has 1 amide bonds. The second kappa shape index (κ2) is 5.83. The molecule has 0 fully saturated rings. The number of benzodiazepines with no additional fused rings is 1. The van der Waals surface area contributed by atoms with E-state index >= 15 is 0 Å². The fraction of sp³-hybridized carbons (Fsp3) is 0.125. The Morgan fingerprint density at radius 1 is 1.23 bits per heavy atom. The average molecular weight is 380 g/mol. The van der Waals surface area contributed by atoms with Crippen LogP contribution in [0.15, 0.2) is 51.9 Å². The van der Waals surface area contributed by atoms with E-state index in [0.717, 1.165) is 10.0 Å². The van der Waals surface area contributed by atoms with Crippen molar-refractivity contribution < 1.29 is 9.90 Å². The van der Waals surface area contributed by atoms with Crippen molar-refractivity contribution >= 4 is 44.8 Å². The molecule has 1 N–H and O–H groups in total. The monoisotopic (exact) mass is 378 g/mol. The number of rotatable bonds is 1. The van der Waals surface area contributed by atoms with Gasteiger partial charge in [0, 0.05) is 27.7 Å². The Morgan fingerprint density at radius 2 is 1.95 bits per heavy atom. The molecule has 6 heteroatoms. The van der Waals surface area contributed by atoms with E-state index in [1.807, 2.05) is 36.4 Å². The zero-order chi connectivity index (χ0) is 15.9. The number of aliphatic hydroxyl groups is 1. The van der Waals surface area contributed by atoms with Gasteiger partial charge in [0.2, 0.25) is 6.23 Å². The lowest BCUT2D eigenvalue weighted by molar-refractivity contribution is -0.125. The first-order valence-electron chi connectivity index (χ1n) is 6.57. The number of aliphatic hydroxyl groups excluding tert-OH is 1. The molecule has 1 aliphatic heterocycles. The minimum Gasteiger partial charge on any atom is -0.364 e. The minimum atomic E-state index is -1.46. The van der Waals surface area contributed by atoms with Crippen LogP contribution in [0.25, 0.3) is 0 Å². The van der Waals surface area contributed by atoms with E-state index in [4.69, 9.17) is 11.6 Å². The van der Waals surface area contributed by atoms with Gasteiger partial charge in [-0.05, 0) is 24.3 Å². The predicted molar refractivity (Wildman–Crippen MR) is 90.6 cm³/mol. The first-order chi connectivity index (χ1) is 10.5. The molecule has 0 spiro atoms. The second-order valence-electron chi connectivity index (χ2n) is 4.89. The van der Waals surface area contributed by atoms with Gasteiger partial charge in [-0.2, -0.15) is 0 Å². The first-order valence-corrected chi connectivity index (χ1v) is 7.74. The topological polar surface area (TPSA) is 52.9 Å². The van der Waals surface area contributed by atoms with Crippen LogP contribution in [0.2, 0.25) is 5.02 Å². The molecule has 0 aliphatic carbocycles. The molecule has 112 valence electrons. The maximum atomic E-state index is 12.2. The Balaban J connectivity index is 2.31. The summed E-state index contributed by atoms with van der Waals surface area (Å²) in [5, 5.41) is 10.6. The van der Waals surface area contributed by atoms with Crippen molar-refractivity contribution in [3.63, 3.8) is 0 Å². The summed E-state index contributed by atoms with van der Waals surface area (Å²) in [7, 11) is 1.61. The number of nitrogens with zero attached hydrogens (tertiary/aromatic N) is 2. The maximum Gasteiger partial charge on any atom is 0.278 e. The van der Waals surface area contributed by atoms with Crippen molar-refractivity contribution in [3.05, 3.63) is 63.1 Å². The van der Waals surface area contributed by atoms with Crippen LogP contribution in [-0.2, 0) is 4.79 Å². The van der Waals surface area contributed by atoms with Crippen LogP contribution in [0, 0.1) is 0 Å². The largest absolute Gasteiger partial charge is 0.364 e. The second-order valence-corrected chi connectivity index (χ2v) is 6.21. The maximum absolute atomic E-state index is 12.2. The quantitative estimate of drug-likeness (QED) is 0.827. The summed E-state index contributed by atoms with van der Waals surface area (Å²) in [5.41, 5.74) is 2.57. The number of fused-ring (bicyclic) bond motifs is 1. The molecular weight excluding hydrogens is 368 g/mol. The van der Waals surface area contributed by atoms with Crippen LogP contribution in [0.4, 0.5) is 5.69 Å². The highest BCUT2D eigenvalue weighted by Crippen LogP contribution is 2.31. The molecule has 0 saturated carbocycles. The highest BCUT2D eigenvalue weighted by Gasteiger charge is 2.29. The van der Waals surface area contributed by atoms with Gasteiger partial charge in [-0.1, -0.05) is 45.7 Å². The van der Waals surface area contributed by atoms with Crippen LogP contribution < -0.4 is 4.90 Å². The third-order valence-electron chi connectivity index (χ3n) is 3.51. The number of amides is 1. The minimum absolute atomic E-state index is 0.481. The van der Waals surface area contributed by atoms with E-state index in [1.54, 1.807) is 13.1 Å². The molecular formula is C16H12BrClN2O2. The molecule has 0 saturated heterocycles. The van der Waals surface area contributed by atoms with Gasteiger partial charge in [0.1, 0.15) is 0 Å². The van der Waals surface area contributed by atoms with Crippen molar-refractivity contribution in [3.8, 4) is 0 Å². The zero-order valence-electron chi connectivity index (χ0n) is 11.6. The van der Waals surface area contributed by atoms with Crippen molar-refractivity contribution in [2.75, 3.05) is 11.9 Å². The molecule has 22 heavy (non-hydrogen) atoms. The van der Waals surface area contributed by atoms with Crippen LogP contribution in [0.1, 0.15) is 11.1 Å². The van der Waals surface area contributed by atoms with E-state index in [1.165, 1.54) is 4.90 Å². The molecule has 1 unspecified atom stereocenters. The first kappa shape index (κ1) is 15.2. The highest BCUT2D eigenvalue weighted by atomic mass is 79.9. The molecule has 3 rings (SSSR count). The van der Waals surface area contributed by atoms with Crippen LogP contribution in [0.5, 0.6) is 0 Å². The van der Waals surface area contributed by atoms with Gasteiger partial charge in [0.05, 0.1) is 11.4 Å². The van der Waals surface area contributed by atoms with Gasteiger partial charge in [0.25, 0.3) is 5.91 Å². The summed E-state index contributed by atoms with van der Waals surface area (Å²) in [6.07, 6.45) is -1.46. The number of hydrogen-bond acceptors (Lipinski definition) is 3. The Labute approximate surface area is 141 Å². The molecule has 2 aromatic rings. The van der Waals surface area contributed by atoms with Gasteiger partial charge in [0.15, 0.2) is 0 Å². The van der Waals surface area contributed by atoms with Crippen molar-refractivity contribution in [2.45, 2.75) is 6.23 Å². The number of likely N-dealkylation sites (N-methyl/N-ethyl adjacent to an activating group) is 1. The van der Waals surface area contributed by atoms with Gasteiger partial charge in [-0.3, -0.25) is 4.79 Å². The predicted octanol–water partition coefficient (Wildman–Crippen LogP) is 3.23. The number of hydrogen-bond donors (Lipinski definition) is 1. The number of carbonyl (C=O) groups is 1. The molecule has 1 aliphatic rings. The average Bonchev–Trinajstić information content (AvgIpc) is 2.59. The van der Waals surface area contributed by atoms with Crippen molar-refractivity contribution in [1.29, 1.82) is 0 Å². The Kier molecular flexibility index (Phi) is 4.04. The Bertz CT molecular complexity index is 791. The van der Waals surface area contributed by atoms with Crippen LogP contribution in [-0.4, -0.2) is 30.0 Å². The lowest BCUT2D eigenvalue weighted by Gasteiger charge is -2.19. The molecule has 0 aromatic heterocycles. The molecule has 1 atom stereocenters. The summed E-state index contributed by atoms with van der Waals surface area (Å²) in [4.78, 5) is 17.8. The zero-order valence-corrected chi connectivity index (χ0v) is 14.0. The standard InChI is InChI=1S/C16H12BrClN2O2/c1-20-13-7-6-9(17)8-11(13)14(19-15(21)16(20)22)10-4-2-3-5-12(10)18/h2-8,15,21H,1H3. The summed E-state index contributed by atoms with van der Waals surface area (Å²) in [6.45, 7) is 0. The smallest absolute Gasteiger partial charge is 0.278 e. The van der Waals surface area contributed by atoms with Gasteiger partial charge >= 0.3 is 0 Å². The number of aliphatic imine (C=N–C) groups is 1. The Hall–Kier alpha value is -1.69. The van der Waals surface area contributed by atoms with E-state index in [9.17, 15) is 9.90 Å². The number of benzene rings is 2. The molecule has 4 nitrogen and oxygen atoms in total. The summed E-state index contributed by atoms with van der Waals surface area (Å²) < 4.78 is 0.850. The summed E-state index contributed by atoms with van der Waals surface area (Å²) in [5.74, 6) is -0.481. The van der Waals surface area contributed by atoms with Gasteiger partial charge in [-0.15, -0.1) is 0 Å². The Morgan fingerprint density at radius 3 is 2.68 bits per heavy atom. The summed E-state index contributed by atoms with van der Waals surface area (Å²) in [6, 6.07) is 12.7. The van der Waals surface area contributed by atoms with Crippen molar-refractivity contribution in [2.24, 2.45) is 4.99 Å². The van der Waals surface area contributed by atoms with E-state index in [0.29, 0.717) is 22.0 Å². The third-order valence-corrected chi connectivity index (χ3v) is 4.33. The van der Waals surface area contributed by atoms with E-state index < -0.39 is 12.1 Å². The lowest BCUT2D eigenvalue weighted by atomic mass is 10.0. The molecule has 2 aromatic carbocycles. The number of halogens is 2. The molecule has 1 heterocycles. The SMILES string of the molecule is CN1C(=O)C(O)N=C(c2ccccc2Cl)c2cc(Br)ccc21. The number of carbonyl (C=O) groups excluding carboxylic acids is 1. The summed E-state index contributed by atoms with van der Waals surface area (Å²) >= 11 is 9.70. The van der Waals surface area contributed by atoms with E-state index in [-0.39, 0.29) is 0 Å². The highest BCUT2D eigenvalue weighted by molar-refractivity contribution is 9.10.